The van der Waals surface area contributed by atoms with Gasteiger partial charge in [-0.15, -0.1) is 0 Å². The molecule has 39 heavy (non-hydrogen) atoms. The summed E-state index contributed by atoms with van der Waals surface area (Å²) in [5, 5.41) is 0.581. The molecule has 0 saturated carbocycles. The van der Waals surface area contributed by atoms with Gasteiger partial charge in [0.1, 0.15) is 13.2 Å². The highest BCUT2D eigenvalue weighted by Gasteiger charge is 2.26. The zero-order chi connectivity index (χ0) is 28.0. The number of hydrogen-bond acceptors (Lipinski definition) is 8. The van der Waals surface area contributed by atoms with Gasteiger partial charge in [-0.25, -0.2) is 13.4 Å². The number of hydrogen-bond donors (Lipinski definition) is 0. The van der Waals surface area contributed by atoms with E-state index in [4.69, 9.17) is 14.5 Å². The van der Waals surface area contributed by atoms with E-state index in [1.54, 1.807) is 17.0 Å². The van der Waals surface area contributed by atoms with Crippen LogP contribution in [-0.4, -0.2) is 81.0 Å². The van der Waals surface area contributed by atoms with Crippen molar-refractivity contribution < 1.29 is 22.7 Å². The van der Waals surface area contributed by atoms with E-state index in [2.05, 4.69) is 18.7 Å². The molecule has 1 aliphatic rings. The fraction of sp³-hybridized carbons (Fsp3) is 0.500. The molecule has 0 aliphatic carbocycles. The predicted octanol–water partition coefficient (Wildman–Crippen LogP) is 4.87. The molecule has 0 fully saturated rings. The van der Waals surface area contributed by atoms with Crippen molar-refractivity contribution in [2.24, 2.45) is 0 Å². The number of unbranched alkanes of at least 4 members (excludes halogenated alkanes) is 1. The Morgan fingerprint density at radius 1 is 0.923 bits per heavy atom. The lowest BCUT2D eigenvalue weighted by molar-refractivity contribution is 0.0983. The molecule has 0 saturated heterocycles. The Hall–Kier alpha value is -2.73. The molecule has 11 heteroatoms. The maximum Gasteiger partial charge on any atom is 0.260 e. The summed E-state index contributed by atoms with van der Waals surface area (Å²) in [4.78, 5) is 22.7. The molecule has 0 radical (unpaired) electrons. The van der Waals surface area contributed by atoms with E-state index in [9.17, 15) is 13.2 Å². The molecule has 1 amide bonds. The third-order valence-corrected chi connectivity index (χ3v) is 9.93. The van der Waals surface area contributed by atoms with Gasteiger partial charge in [-0.3, -0.25) is 9.69 Å². The molecular formula is C28H38N4O5S2. The van der Waals surface area contributed by atoms with Crippen LogP contribution in [0.3, 0.4) is 0 Å². The first kappa shape index (κ1) is 29.3. The first-order chi connectivity index (χ1) is 18.8. The lowest BCUT2D eigenvalue weighted by Gasteiger charge is -2.25. The van der Waals surface area contributed by atoms with Crippen LogP contribution in [0.5, 0.6) is 11.5 Å². The van der Waals surface area contributed by atoms with Gasteiger partial charge in [0.2, 0.25) is 10.0 Å². The Morgan fingerprint density at radius 3 is 2.21 bits per heavy atom. The van der Waals surface area contributed by atoms with Crippen molar-refractivity contribution >= 4 is 42.6 Å². The quantitative estimate of drug-likeness (QED) is 0.288. The van der Waals surface area contributed by atoms with Gasteiger partial charge in [0.15, 0.2) is 16.6 Å². The number of aromatic nitrogens is 1. The molecule has 0 atom stereocenters. The molecule has 3 aromatic rings. The summed E-state index contributed by atoms with van der Waals surface area (Å²) in [5.74, 6) is 1.12. The lowest BCUT2D eigenvalue weighted by atomic mass is 10.2. The van der Waals surface area contributed by atoms with Crippen LogP contribution < -0.4 is 14.4 Å². The molecule has 0 bridgehead atoms. The molecule has 2 aromatic carbocycles. The van der Waals surface area contributed by atoms with Gasteiger partial charge in [-0.2, -0.15) is 4.31 Å². The second-order valence-electron chi connectivity index (χ2n) is 9.32. The summed E-state index contributed by atoms with van der Waals surface area (Å²) < 4.78 is 40.1. The fourth-order valence-electron chi connectivity index (χ4n) is 4.49. The standard InChI is InChI=1S/C28H38N4O5S2/c1-5-9-14-31(8-4)39(34,35)22-12-10-21(11-13-22)27(33)32(16-15-30(6-2)7-3)28-29-23-19-24-25(20-26(23)38-28)37-18-17-36-24/h10-13,19-20H,5-9,14-18H2,1-4H3. The molecule has 2 heterocycles. The minimum absolute atomic E-state index is 0.192. The van der Waals surface area contributed by atoms with Crippen LogP contribution in [0.4, 0.5) is 5.13 Å². The number of likely N-dealkylation sites (N-methyl/N-ethyl adjacent to an activating group) is 1. The number of ether oxygens (including phenoxy) is 2. The Morgan fingerprint density at radius 2 is 1.59 bits per heavy atom. The number of fused-ring (bicyclic) bond motifs is 2. The highest BCUT2D eigenvalue weighted by molar-refractivity contribution is 7.89. The Labute approximate surface area is 235 Å². The molecule has 0 unspecified atom stereocenters. The van der Waals surface area contributed by atoms with E-state index in [1.807, 2.05) is 26.0 Å². The number of sulfonamides is 1. The summed E-state index contributed by atoms with van der Waals surface area (Å²) in [6, 6.07) is 10.0. The van der Waals surface area contributed by atoms with E-state index >= 15 is 0 Å². The third-order valence-electron chi connectivity index (χ3n) is 6.90. The average Bonchev–Trinajstić information content (AvgIpc) is 3.36. The largest absolute Gasteiger partial charge is 0.486 e. The van der Waals surface area contributed by atoms with E-state index in [0.29, 0.717) is 61.6 Å². The SMILES string of the molecule is CCCCN(CC)S(=O)(=O)c1ccc(C(=O)N(CCN(CC)CC)c2nc3cc4c(cc3s2)OCCO4)cc1. The smallest absolute Gasteiger partial charge is 0.260 e. The van der Waals surface area contributed by atoms with Crippen LogP contribution in [-0.2, 0) is 10.0 Å². The maximum absolute atomic E-state index is 13.8. The highest BCUT2D eigenvalue weighted by Crippen LogP contribution is 2.39. The molecule has 0 N–H and O–H groups in total. The van der Waals surface area contributed by atoms with Crippen LogP contribution in [0.1, 0.15) is 50.9 Å². The van der Waals surface area contributed by atoms with Crippen molar-refractivity contribution in [2.75, 3.05) is 57.4 Å². The number of rotatable bonds is 13. The number of carbonyl (C=O) groups is 1. The summed E-state index contributed by atoms with van der Waals surface area (Å²) in [6.45, 7) is 12.8. The predicted molar refractivity (Wildman–Crippen MR) is 156 cm³/mol. The number of anilines is 1. The molecule has 1 aliphatic heterocycles. The van der Waals surface area contributed by atoms with Gasteiger partial charge in [-0.05, 0) is 43.8 Å². The zero-order valence-electron chi connectivity index (χ0n) is 23.2. The van der Waals surface area contributed by atoms with Crippen LogP contribution in [0.2, 0.25) is 0 Å². The van der Waals surface area contributed by atoms with E-state index in [-0.39, 0.29) is 10.8 Å². The van der Waals surface area contributed by atoms with E-state index in [1.165, 1.54) is 27.8 Å². The van der Waals surface area contributed by atoms with Crippen molar-refractivity contribution in [1.82, 2.24) is 14.2 Å². The van der Waals surface area contributed by atoms with Crippen LogP contribution in [0.15, 0.2) is 41.3 Å². The number of carbonyl (C=O) groups excluding carboxylic acids is 1. The normalized spacial score (nSPS) is 13.4. The van der Waals surface area contributed by atoms with Gasteiger partial charge in [0, 0.05) is 43.9 Å². The number of nitrogens with zero attached hydrogens (tertiary/aromatic N) is 4. The van der Waals surface area contributed by atoms with Crippen LogP contribution >= 0.6 is 11.3 Å². The Bertz CT molecular complexity index is 1330. The van der Waals surface area contributed by atoms with Gasteiger partial charge < -0.3 is 14.4 Å². The van der Waals surface area contributed by atoms with Gasteiger partial charge in [0.05, 0.1) is 15.1 Å². The first-order valence-electron chi connectivity index (χ1n) is 13.7. The van der Waals surface area contributed by atoms with Crippen molar-refractivity contribution in [2.45, 2.75) is 45.4 Å². The lowest BCUT2D eigenvalue weighted by Crippen LogP contribution is -2.39. The molecule has 4 rings (SSSR count). The molecular weight excluding hydrogens is 536 g/mol. The maximum atomic E-state index is 13.8. The van der Waals surface area contributed by atoms with E-state index < -0.39 is 10.0 Å². The van der Waals surface area contributed by atoms with Crippen molar-refractivity contribution in [1.29, 1.82) is 0 Å². The van der Waals surface area contributed by atoms with Crippen LogP contribution in [0.25, 0.3) is 10.2 Å². The fourth-order valence-corrected chi connectivity index (χ4v) is 6.98. The monoisotopic (exact) mass is 574 g/mol. The van der Waals surface area contributed by atoms with Crippen molar-refractivity contribution in [3.63, 3.8) is 0 Å². The summed E-state index contributed by atoms with van der Waals surface area (Å²) in [6.07, 6.45) is 1.71. The first-order valence-corrected chi connectivity index (χ1v) is 15.9. The van der Waals surface area contributed by atoms with Crippen molar-refractivity contribution in [3.8, 4) is 11.5 Å². The second kappa shape index (κ2) is 13.1. The summed E-state index contributed by atoms with van der Waals surface area (Å²) in [5.41, 5.74) is 1.16. The molecule has 1 aromatic heterocycles. The summed E-state index contributed by atoms with van der Waals surface area (Å²) >= 11 is 1.43. The minimum Gasteiger partial charge on any atom is -0.486 e. The van der Waals surface area contributed by atoms with Gasteiger partial charge in [0.25, 0.3) is 5.91 Å². The highest BCUT2D eigenvalue weighted by atomic mass is 32.2. The minimum atomic E-state index is -3.62. The van der Waals surface area contributed by atoms with Gasteiger partial charge >= 0.3 is 0 Å². The molecule has 212 valence electrons. The zero-order valence-corrected chi connectivity index (χ0v) is 24.8. The number of benzene rings is 2. The number of thiazole rings is 1. The average molecular weight is 575 g/mol. The third kappa shape index (κ3) is 6.54. The second-order valence-corrected chi connectivity index (χ2v) is 12.3. The Kier molecular flexibility index (Phi) is 9.81. The van der Waals surface area contributed by atoms with Crippen LogP contribution in [0, 0.1) is 0 Å². The van der Waals surface area contributed by atoms with E-state index in [0.717, 1.165) is 36.1 Å². The molecule has 0 spiro atoms. The number of amides is 1. The van der Waals surface area contributed by atoms with Crippen molar-refractivity contribution in [3.05, 3.63) is 42.0 Å². The topological polar surface area (TPSA) is 92.3 Å². The Balaban J connectivity index is 1.64. The van der Waals surface area contributed by atoms with Gasteiger partial charge in [-0.1, -0.05) is 45.5 Å². The summed E-state index contributed by atoms with van der Waals surface area (Å²) in [7, 11) is -3.62. The molecule has 9 nitrogen and oxygen atoms in total.